The molecule has 0 bridgehead atoms. The van der Waals surface area contributed by atoms with Crippen LogP contribution in [-0.4, -0.2) is 58.6 Å². The number of aromatic nitrogens is 1. The molecule has 2 aliphatic heterocycles. The lowest BCUT2D eigenvalue weighted by molar-refractivity contribution is -0.154. The Morgan fingerprint density at radius 3 is 2.81 bits per heavy atom. The van der Waals surface area contributed by atoms with Crippen LogP contribution in [0.2, 0.25) is 0 Å². The predicted octanol–water partition coefficient (Wildman–Crippen LogP) is 2.99. The van der Waals surface area contributed by atoms with Crippen LogP contribution in [0.3, 0.4) is 0 Å². The topological polar surface area (TPSA) is 45.7 Å². The Bertz CT molecular complexity index is 603. The summed E-state index contributed by atoms with van der Waals surface area (Å²) in [5.41, 5.74) is 0.918. The van der Waals surface area contributed by atoms with E-state index in [1.54, 1.807) is 11.1 Å². The third kappa shape index (κ3) is 3.79. The summed E-state index contributed by atoms with van der Waals surface area (Å²) in [6, 6.07) is 7.10. The number of amides is 1. The Labute approximate surface area is 156 Å². The fourth-order valence-electron chi connectivity index (χ4n) is 5.07. The second-order valence-electron chi connectivity index (χ2n) is 8.14. The molecule has 26 heavy (non-hydrogen) atoms. The van der Waals surface area contributed by atoms with Crippen LogP contribution in [0.4, 0.5) is 0 Å². The van der Waals surface area contributed by atoms with Crippen molar-refractivity contribution in [2.75, 3.05) is 13.6 Å². The summed E-state index contributed by atoms with van der Waals surface area (Å²) in [5.74, 6) is 0.102. The third-order valence-corrected chi connectivity index (χ3v) is 6.41. The first kappa shape index (κ1) is 17.9. The molecule has 4 rings (SSSR count). The van der Waals surface area contributed by atoms with Crippen molar-refractivity contribution in [2.24, 2.45) is 0 Å². The van der Waals surface area contributed by atoms with E-state index in [4.69, 9.17) is 4.74 Å². The fraction of sp³-hybridized carbons (Fsp3) is 0.714. The van der Waals surface area contributed by atoms with Crippen LogP contribution >= 0.6 is 0 Å². The summed E-state index contributed by atoms with van der Waals surface area (Å²) in [6.07, 6.45) is 11.6. The highest BCUT2D eigenvalue weighted by Crippen LogP contribution is 2.36. The van der Waals surface area contributed by atoms with Gasteiger partial charge in [0.15, 0.2) is 0 Å². The van der Waals surface area contributed by atoms with Gasteiger partial charge >= 0.3 is 0 Å². The summed E-state index contributed by atoms with van der Waals surface area (Å²) in [6.45, 7) is 1.69. The number of hydrogen-bond acceptors (Lipinski definition) is 4. The maximum absolute atomic E-state index is 12.8. The van der Waals surface area contributed by atoms with Crippen LogP contribution in [-0.2, 0) is 16.1 Å². The summed E-state index contributed by atoms with van der Waals surface area (Å²) in [7, 11) is 1.86. The molecule has 1 saturated carbocycles. The van der Waals surface area contributed by atoms with E-state index >= 15 is 0 Å². The lowest BCUT2D eigenvalue weighted by Gasteiger charge is -2.40. The highest BCUT2D eigenvalue weighted by atomic mass is 16.5. The Morgan fingerprint density at radius 2 is 2.04 bits per heavy atom. The molecular weight excluding hydrogens is 326 g/mol. The summed E-state index contributed by atoms with van der Waals surface area (Å²) >= 11 is 0. The van der Waals surface area contributed by atoms with Crippen molar-refractivity contribution >= 4 is 5.91 Å². The number of fused-ring (bicyclic) bond motifs is 1. The van der Waals surface area contributed by atoms with Crippen LogP contribution in [0.25, 0.3) is 0 Å². The number of pyridine rings is 1. The molecule has 5 heteroatoms. The van der Waals surface area contributed by atoms with E-state index in [9.17, 15) is 4.79 Å². The molecule has 1 amide bonds. The third-order valence-electron chi connectivity index (χ3n) is 6.41. The Balaban J connectivity index is 1.33. The number of likely N-dealkylation sites (N-methyl/N-ethyl adjacent to an activating group) is 1. The first-order chi connectivity index (χ1) is 12.7. The summed E-state index contributed by atoms with van der Waals surface area (Å²) < 4.78 is 6.30. The molecule has 1 aliphatic carbocycles. The van der Waals surface area contributed by atoms with E-state index in [0.717, 1.165) is 37.5 Å². The monoisotopic (exact) mass is 357 g/mol. The molecule has 3 heterocycles. The highest BCUT2D eigenvalue weighted by Gasteiger charge is 2.44. The van der Waals surface area contributed by atoms with Crippen molar-refractivity contribution < 1.29 is 9.53 Å². The van der Waals surface area contributed by atoms with Gasteiger partial charge in [0.1, 0.15) is 6.10 Å². The molecule has 0 unspecified atom stereocenters. The maximum atomic E-state index is 12.8. The van der Waals surface area contributed by atoms with Crippen molar-refractivity contribution in [2.45, 2.75) is 82.2 Å². The van der Waals surface area contributed by atoms with Gasteiger partial charge in [0.25, 0.3) is 5.91 Å². The van der Waals surface area contributed by atoms with Gasteiger partial charge in [0, 0.05) is 31.9 Å². The van der Waals surface area contributed by atoms with Crippen LogP contribution in [0, 0.1) is 0 Å². The van der Waals surface area contributed by atoms with Crippen LogP contribution in [0.1, 0.15) is 57.1 Å². The smallest absolute Gasteiger partial charge is 0.251 e. The predicted molar refractivity (Wildman–Crippen MR) is 101 cm³/mol. The van der Waals surface area contributed by atoms with Crippen LogP contribution in [0.15, 0.2) is 24.4 Å². The number of hydrogen-bond donors (Lipinski definition) is 0. The second kappa shape index (κ2) is 8.05. The summed E-state index contributed by atoms with van der Waals surface area (Å²) in [4.78, 5) is 21.6. The zero-order valence-electron chi connectivity index (χ0n) is 15.8. The second-order valence-corrected chi connectivity index (χ2v) is 8.14. The van der Waals surface area contributed by atoms with E-state index in [2.05, 4.69) is 9.88 Å². The fourth-order valence-corrected chi connectivity index (χ4v) is 5.07. The Morgan fingerprint density at radius 1 is 1.19 bits per heavy atom. The summed E-state index contributed by atoms with van der Waals surface area (Å²) in [5, 5.41) is 0. The quantitative estimate of drug-likeness (QED) is 0.831. The average molecular weight is 357 g/mol. The number of carbonyl (C=O) groups excluding carboxylic acids is 1. The van der Waals surface area contributed by atoms with Gasteiger partial charge in [-0.25, -0.2) is 0 Å². The minimum absolute atomic E-state index is 0.102. The average Bonchev–Trinajstić information content (AvgIpc) is 3.12. The largest absolute Gasteiger partial charge is 0.363 e. The normalized spacial score (nSPS) is 30.1. The number of carbonyl (C=O) groups is 1. The zero-order valence-corrected chi connectivity index (χ0v) is 15.8. The van der Waals surface area contributed by atoms with Gasteiger partial charge in [-0.15, -0.1) is 0 Å². The van der Waals surface area contributed by atoms with Gasteiger partial charge in [0.05, 0.1) is 18.3 Å². The van der Waals surface area contributed by atoms with Gasteiger partial charge in [-0.1, -0.05) is 25.3 Å². The van der Waals surface area contributed by atoms with Gasteiger partial charge in [-0.3, -0.25) is 14.7 Å². The molecule has 2 saturated heterocycles. The maximum Gasteiger partial charge on any atom is 0.251 e. The molecule has 1 aromatic rings. The van der Waals surface area contributed by atoms with Gasteiger partial charge < -0.3 is 9.64 Å². The molecule has 0 spiro atoms. The highest BCUT2D eigenvalue weighted by molar-refractivity contribution is 5.80. The molecule has 3 aliphatic rings. The van der Waals surface area contributed by atoms with Crippen molar-refractivity contribution in [1.82, 2.24) is 14.8 Å². The van der Waals surface area contributed by atoms with E-state index in [1.807, 2.05) is 25.2 Å². The van der Waals surface area contributed by atoms with Crippen molar-refractivity contribution in [3.63, 3.8) is 0 Å². The SMILES string of the molecule is CN(Cc1ccccn1)C(=O)[C@@H]1CC[C@@H]2[C@@H](CCN2C2CCCCC2)O1. The van der Waals surface area contributed by atoms with E-state index in [0.29, 0.717) is 12.6 Å². The molecule has 142 valence electrons. The van der Waals surface area contributed by atoms with Crippen molar-refractivity contribution in [3.8, 4) is 0 Å². The van der Waals surface area contributed by atoms with Gasteiger partial charge in [-0.05, 0) is 44.2 Å². The van der Waals surface area contributed by atoms with Crippen molar-refractivity contribution in [1.29, 1.82) is 0 Å². The number of rotatable bonds is 4. The lowest BCUT2D eigenvalue weighted by Crippen LogP contribution is -2.50. The van der Waals surface area contributed by atoms with Gasteiger partial charge in [0.2, 0.25) is 0 Å². The molecule has 0 aromatic carbocycles. The molecular formula is C21H31N3O2. The zero-order chi connectivity index (χ0) is 17.9. The molecule has 0 radical (unpaired) electrons. The Hall–Kier alpha value is -1.46. The molecule has 0 N–H and O–H groups in total. The molecule has 5 nitrogen and oxygen atoms in total. The minimum atomic E-state index is -0.281. The first-order valence-corrected chi connectivity index (χ1v) is 10.3. The number of ether oxygens (including phenoxy) is 1. The van der Waals surface area contributed by atoms with Crippen molar-refractivity contribution in [3.05, 3.63) is 30.1 Å². The van der Waals surface area contributed by atoms with Gasteiger partial charge in [-0.2, -0.15) is 0 Å². The molecule has 3 atom stereocenters. The molecule has 3 fully saturated rings. The van der Waals surface area contributed by atoms with Crippen LogP contribution < -0.4 is 0 Å². The van der Waals surface area contributed by atoms with E-state index < -0.39 is 0 Å². The van der Waals surface area contributed by atoms with E-state index in [-0.39, 0.29) is 18.1 Å². The minimum Gasteiger partial charge on any atom is -0.363 e. The standard InChI is InChI=1S/C21H31N3O2/c1-23(15-16-7-5-6-13-22-16)21(25)20-11-10-18-19(26-20)12-14-24(18)17-8-3-2-4-9-17/h5-7,13,17-20H,2-4,8-12,14-15H2,1H3/t18-,19-,20+/m1/s1. The first-order valence-electron chi connectivity index (χ1n) is 10.3. The Kier molecular flexibility index (Phi) is 5.55. The van der Waals surface area contributed by atoms with Crippen LogP contribution in [0.5, 0.6) is 0 Å². The number of nitrogens with zero attached hydrogens (tertiary/aromatic N) is 3. The van der Waals surface area contributed by atoms with E-state index in [1.165, 1.54) is 32.1 Å². The molecule has 1 aromatic heterocycles. The lowest BCUT2D eigenvalue weighted by atomic mass is 9.92. The number of likely N-dealkylation sites (tertiary alicyclic amines) is 1.